The molecule has 1 N–H and O–H groups in total. The van der Waals surface area contributed by atoms with Gasteiger partial charge in [-0.05, 0) is 56.7 Å². The van der Waals surface area contributed by atoms with Crippen molar-refractivity contribution in [2.45, 2.75) is 26.8 Å². The molecule has 0 heterocycles. The lowest BCUT2D eigenvalue weighted by atomic mass is 10.1. The molecule has 1 amide bonds. The van der Waals surface area contributed by atoms with E-state index in [0.29, 0.717) is 35.8 Å². The summed E-state index contributed by atoms with van der Waals surface area (Å²) in [4.78, 5) is 12.4. The number of ether oxygens (including phenoxy) is 2. The van der Waals surface area contributed by atoms with Crippen LogP contribution >= 0.6 is 0 Å². The summed E-state index contributed by atoms with van der Waals surface area (Å²) < 4.78 is 11.2. The fraction of sp³-hybridized carbons (Fsp3) is 0.300. The highest BCUT2D eigenvalue weighted by atomic mass is 16.5. The molecule has 5 nitrogen and oxygen atoms in total. The zero-order valence-electron chi connectivity index (χ0n) is 14.7. The zero-order valence-corrected chi connectivity index (χ0v) is 14.7. The molecule has 2 aromatic rings. The second kappa shape index (κ2) is 8.74. The third kappa shape index (κ3) is 4.74. The molecule has 0 aliphatic carbocycles. The van der Waals surface area contributed by atoms with E-state index >= 15 is 0 Å². The minimum absolute atomic E-state index is 0.215. The smallest absolute Gasteiger partial charge is 0.251 e. The lowest BCUT2D eigenvalue weighted by Gasteiger charge is -2.17. The molecule has 1 atom stereocenters. The Morgan fingerprint density at radius 1 is 1.12 bits per heavy atom. The average molecular weight is 338 g/mol. The molecule has 0 bridgehead atoms. The molecule has 0 aliphatic rings. The maximum atomic E-state index is 12.4. The van der Waals surface area contributed by atoms with Crippen LogP contribution in [0.25, 0.3) is 0 Å². The molecular formula is C20H22N2O3. The first-order valence-electron chi connectivity index (χ1n) is 8.29. The molecule has 0 saturated carbocycles. The van der Waals surface area contributed by atoms with E-state index in [4.69, 9.17) is 14.7 Å². The number of rotatable bonds is 7. The van der Waals surface area contributed by atoms with E-state index in [9.17, 15) is 4.79 Å². The van der Waals surface area contributed by atoms with E-state index in [1.807, 2.05) is 45.0 Å². The van der Waals surface area contributed by atoms with Gasteiger partial charge in [0.2, 0.25) is 0 Å². The lowest BCUT2D eigenvalue weighted by Crippen LogP contribution is -2.26. The van der Waals surface area contributed by atoms with E-state index in [-0.39, 0.29) is 11.9 Å². The molecule has 0 aliphatic heterocycles. The Bertz CT molecular complexity index is 781. The van der Waals surface area contributed by atoms with E-state index in [0.717, 1.165) is 5.56 Å². The first-order chi connectivity index (χ1) is 12.1. The molecule has 0 spiro atoms. The van der Waals surface area contributed by atoms with Crippen LogP contribution in [0.15, 0.2) is 42.5 Å². The molecule has 0 saturated heterocycles. The predicted octanol–water partition coefficient (Wildman–Crippen LogP) is 3.85. The SMILES string of the molecule is CCOc1ccc(C(C)NC(=O)c2cccc(C#N)c2)cc1OCC. The largest absolute Gasteiger partial charge is 0.490 e. The van der Waals surface area contributed by atoms with Crippen LogP contribution in [-0.2, 0) is 0 Å². The summed E-state index contributed by atoms with van der Waals surface area (Å²) >= 11 is 0. The highest BCUT2D eigenvalue weighted by Crippen LogP contribution is 2.30. The predicted molar refractivity (Wildman–Crippen MR) is 95.8 cm³/mol. The monoisotopic (exact) mass is 338 g/mol. The highest BCUT2D eigenvalue weighted by Gasteiger charge is 2.14. The van der Waals surface area contributed by atoms with Gasteiger partial charge in [-0.25, -0.2) is 0 Å². The van der Waals surface area contributed by atoms with Crippen molar-refractivity contribution in [1.29, 1.82) is 5.26 Å². The van der Waals surface area contributed by atoms with Gasteiger partial charge in [0, 0.05) is 5.56 Å². The van der Waals surface area contributed by atoms with E-state index in [1.54, 1.807) is 24.3 Å². The summed E-state index contributed by atoms with van der Waals surface area (Å²) in [6, 6.07) is 14.1. The number of nitriles is 1. The number of carbonyl (C=O) groups excluding carboxylic acids is 1. The Morgan fingerprint density at radius 3 is 2.52 bits per heavy atom. The van der Waals surface area contributed by atoms with Gasteiger partial charge in [-0.15, -0.1) is 0 Å². The summed E-state index contributed by atoms with van der Waals surface area (Å²) in [6.45, 7) is 6.82. The van der Waals surface area contributed by atoms with E-state index < -0.39 is 0 Å². The molecule has 2 rings (SSSR count). The number of amides is 1. The van der Waals surface area contributed by atoms with Gasteiger partial charge in [-0.3, -0.25) is 4.79 Å². The van der Waals surface area contributed by atoms with Crippen LogP contribution in [0.3, 0.4) is 0 Å². The fourth-order valence-electron chi connectivity index (χ4n) is 2.43. The van der Waals surface area contributed by atoms with Crippen molar-refractivity contribution >= 4 is 5.91 Å². The van der Waals surface area contributed by atoms with Crippen molar-refractivity contribution in [2.24, 2.45) is 0 Å². The van der Waals surface area contributed by atoms with Gasteiger partial charge in [0.1, 0.15) is 0 Å². The van der Waals surface area contributed by atoms with Gasteiger partial charge >= 0.3 is 0 Å². The average Bonchev–Trinajstić information content (AvgIpc) is 2.63. The van der Waals surface area contributed by atoms with Crippen molar-refractivity contribution < 1.29 is 14.3 Å². The molecule has 2 aromatic carbocycles. The van der Waals surface area contributed by atoms with Crippen molar-refractivity contribution in [3.63, 3.8) is 0 Å². The number of nitrogens with zero attached hydrogens (tertiary/aromatic N) is 1. The lowest BCUT2D eigenvalue weighted by molar-refractivity contribution is 0.0939. The summed E-state index contributed by atoms with van der Waals surface area (Å²) in [5, 5.41) is 11.9. The third-order valence-electron chi connectivity index (χ3n) is 3.67. The van der Waals surface area contributed by atoms with Gasteiger partial charge in [-0.1, -0.05) is 12.1 Å². The molecular weight excluding hydrogens is 316 g/mol. The van der Waals surface area contributed by atoms with Crippen LogP contribution in [0.1, 0.15) is 48.3 Å². The Kier molecular flexibility index (Phi) is 6.41. The van der Waals surface area contributed by atoms with Crippen LogP contribution in [0.2, 0.25) is 0 Å². The summed E-state index contributed by atoms with van der Waals surface area (Å²) in [7, 11) is 0. The molecule has 130 valence electrons. The number of benzene rings is 2. The van der Waals surface area contributed by atoms with Crippen LogP contribution in [-0.4, -0.2) is 19.1 Å². The quantitative estimate of drug-likeness (QED) is 0.832. The van der Waals surface area contributed by atoms with Crippen molar-refractivity contribution in [1.82, 2.24) is 5.32 Å². The van der Waals surface area contributed by atoms with Crippen LogP contribution in [0.4, 0.5) is 0 Å². The standard InChI is InChI=1S/C20H22N2O3/c1-4-24-18-10-9-16(12-19(18)25-5-2)14(3)22-20(23)17-8-6-7-15(11-17)13-21/h6-12,14H,4-5H2,1-3H3,(H,22,23). The van der Waals surface area contributed by atoms with Gasteiger partial charge in [0.25, 0.3) is 5.91 Å². The molecule has 1 unspecified atom stereocenters. The summed E-state index contributed by atoms with van der Waals surface area (Å²) in [5.41, 5.74) is 1.83. The van der Waals surface area contributed by atoms with Crippen molar-refractivity contribution in [3.05, 3.63) is 59.2 Å². The number of hydrogen-bond donors (Lipinski definition) is 1. The van der Waals surface area contributed by atoms with E-state index in [2.05, 4.69) is 5.32 Å². The minimum Gasteiger partial charge on any atom is -0.490 e. The van der Waals surface area contributed by atoms with Gasteiger partial charge in [-0.2, -0.15) is 5.26 Å². The Morgan fingerprint density at radius 2 is 1.84 bits per heavy atom. The van der Waals surface area contributed by atoms with Gasteiger partial charge in [0.05, 0.1) is 30.9 Å². The van der Waals surface area contributed by atoms with E-state index in [1.165, 1.54) is 0 Å². The maximum Gasteiger partial charge on any atom is 0.251 e. The Labute approximate surface area is 148 Å². The number of carbonyl (C=O) groups is 1. The first-order valence-corrected chi connectivity index (χ1v) is 8.29. The molecule has 0 aromatic heterocycles. The van der Waals surface area contributed by atoms with Crippen LogP contribution in [0, 0.1) is 11.3 Å². The normalized spacial score (nSPS) is 11.3. The Hall–Kier alpha value is -3.00. The number of nitrogens with one attached hydrogen (secondary N) is 1. The molecule has 25 heavy (non-hydrogen) atoms. The zero-order chi connectivity index (χ0) is 18.2. The van der Waals surface area contributed by atoms with Crippen LogP contribution in [0.5, 0.6) is 11.5 Å². The van der Waals surface area contributed by atoms with Crippen molar-refractivity contribution in [2.75, 3.05) is 13.2 Å². The minimum atomic E-state index is -0.226. The molecule has 5 heteroatoms. The van der Waals surface area contributed by atoms with Gasteiger partial charge in [0.15, 0.2) is 11.5 Å². The maximum absolute atomic E-state index is 12.4. The fourth-order valence-corrected chi connectivity index (χ4v) is 2.43. The van der Waals surface area contributed by atoms with Crippen LogP contribution < -0.4 is 14.8 Å². The second-order valence-corrected chi connectivity index (χ2v) is 5.46. The summed E-state index contributed by atoms with van der Waals surface area (Å²) in [5.74, 6) is 1.12. The molecule has 0 fully saturated rings. The highest BCUT2D eigenvalue weighted by molar-refractivity contribution is 5.94. The third-order valence-corrected chi connectivity index (χ3v) is 3.67. The second-order valence-electron chi connectivity index (χ2n) is 5.46. The Balaban J connectivity index is 2.16. The van der Waals surface area contributed by atoms with Gasteiger partial charge < -0.3 is 14.8 Å². The molecule has 0 radical (unpaired) electrons. The summed E-state index contributed by atoms with van der Waals surface area (Å²) in [6.07, 6.45) is 0. The number of hydrogen-bond acceptors (Lipinski definition) is 4. The topological polar surface area (TPSA) is 71.3 Å². The first kappa shape index (κ1) is 18.3. The van der Waals surface area contributed by atoms with Crippen molar-refractivity contribution in [3.8, 4) is 17.6 Å².